The highest BCUT2D eigenvalue weighted by Crippen LogP contribution is 2.55. The summed E-state index contributed by atoms with van der Waals surface area (Å²) in [6, 6.07) is 53.5. The fourth-order valence-electron chi connectivity index (χ4n) is 8.80. The molecule has 6 aromatic rings. The standard InChI is InChI=1S/C50H47N/c1-7-45-42(44-33-48-43(32-47(44)49(45,3)4)41-20-14-15-21-46(41)50(48,5)6)31-22-34(2)51(39-27-23-37(24-28-39)35-16-10-8-11-17-35)40-29-25-38(26-30-40)36-18-12-9-13-19-36/h8-34H,7H2,1-6H3/b31-22-. The number of allylic oxidation sites excluding steroid dienone is 3. The summed E-state index contributed by atoms with van der Waals surface area (Å²) >= 11 is 0. The summed E-state index contributed by atoms with van der Waals surface area (Å²) in [7, 11) is 0. The van der Waals surface area contributed by atoms with E-state index in [1.165, 1.54) is 78.2 Å². The second-order valence-corrected chi connectivity index (χ2v) is 15.3. The lowest BCUT2D eigenvalue weighted by atomic mass is 9.78. The zero-order valence-electron chi connectivity index (χ0n) is 30.7. The Morgan fingerprint density at radius 1 is 0.510 bits per heavy atom. The SMILES string of the molecule is CCC1=C(/C=C\C(C)N(c2ccc(-c3ccccc3)cc2)c2ccc(-c3ccccc3)cc2)c2cc3c(cc2C1(C)C)-c1ccccc1C3(C)C. The topological polar surface area (TPSA) is 3.24 Å². The average Bonchev–Trinajstić information content (AvgIpc) is 3.52. The molecule has 6 aromatic carbocycles. The van der Waals surface area contributed by atoms with E-state index in [0.29, 0.717) is 0 Å². The Morgan fingerprint density at radius 2 is 0.980 bits per heavy atom. The Kier molecular flexibility index (Phi) is 8.19. The second-order valence-electron chi connectivity index (χ2n) is 15.3. The number of hydrogen-bond donors (Lipinski definition) is 0. The van der Waals surface area contributed by atoms with E-state index in [1.807, 2.05) is 0 Å². The van der Waals surface area contributed by atoms with Crippen molar-refractivity contribution in [3.05, 3.63) is 186 Å². The van der Waals surface area contributed by atoms with Crippen molar-refractivity contribution in [1.29, 1.82) is 0 Å². The number of fused-ring (bicyclic) bond motifs is 4. The van der Waals surface area contributed by atoms with Crippen LogP contribution in [0.3, 0.4) is 0 Å². The van der Waals surface area contributed by atoms with E-state index in [1.54, 1.807) is 0 Å². The minimum absolute atomic E-state index is 0.0309. The molecule has 0 amide bonds. The second kappa shape index (κ2) is 12.7. The maximum absolute atomic E-state index is 2.53. The van der Waals surface area contributed by atoms with Gasteiger partial charge in [0.05, 0.1) is 0 Å². The van der Waals surface area contributed by atoms with Gasteiger partial charge in [0.2, 0.25) is 0 Å². The molecule has 252 valence electrons. The molecule has 0 fully saturated rings. The number of anilines is 2. The molecule has 8 rings (SSSR count). The summed E-state index contributed by atoms with van der Waals surface area (Å²) in [5, 5.41) is 0. The van der Waals surface area contributed by atoms with Gasteiger partial charge in [0.15, 0.2) is 0 Å². The molecule has 1 heteroatoms. The molecule has 1 unspecified atom stereocenters. The lowest BCUT2D eigenvalue weighted by molar-refractivity contribution is 0.616. The fraction of sp³-hybridized carbons (Fsp3) is 0.200. The first-order chi connectivity index (χ1) is 24.7. The lowest BCUT2D eigenvalue weighted by Gasteiger charge is -2.30. The highest BCUT2D eigenvalue weighted by Gasteiger charge is 2.41. The molecule has 1 atom stereocenters. The first kappa shape index (κ1) is 32.8. The summed E-state index contributed by atoms with van der Waals surface area (Å²) in [5.74, 6) is 0. The number of rotatable bonds is 8. The quantitative estimate of drug-likeness (QED) is 0.157. The van der Waals surface area contributed by atoms with Crippen LogP contribution >= 0.6 is 0 Å². The van der Waals surface area contributed by atoms with Crippen molar-refractivity contribution in [3.8, 4) is 33.4 Å². The van der Waals surface area contributed by atoms with Gasteiger partial charge >= 0.3 is 0 Å². The first-order valence-corrected chi connectivity index (χ1v) is 18.5. The largest absolute Gasteiger partial charge is 0.335 e. The Labute approximate surface area is 304 Å². The summed E-state index contributed by atoms with van der Waals surface area (Å²) in [4.78, 5) is 2.47. The van der Waals surface area contributed by atoms with Crippen molar-refractivity contribution in [1.82, 2.24) is 0 Å². The molecule has 0 aliphatic heterocycles. The molecule has 2 aliphatic carbocycles. The Hall–Kier alpha value is -5.40. The van der Waals surface area contributed by atoms with Gasteiger partial charge in [-0.15, -0.1) is 0 Å². The minimum Gasteiger partial charge on any atom is -0.335 e. The van der Waals surface area contributed by atoms with Crippen molar-refractivity contribution in [2.75, 3.05) is 4.90 Å². The van der Waals surface area contributed by atoms with Crippen LogP contribution in [0.5, 0.6) is 0 Å². The molecule has 0 saturated heterocycles. The third kappa shape index (κ3) is 5.56. The molecular weight excluding hydrogens is 615 g/mol. The third-order valence-electron chi connectivity index (χ3n) is 11.6. The smallest absolute Gasteiger partial charge is 0.0497 e. The van der Waals surface area contributed by atoms with E-state index in [2.05, 4.69) is 204 Å². The van der Waals surface area contributed by atoms with E-state index in [9.17, 15) is 0 Å². The zero-order valence-corrected chi connectivity index (χ0v) is 30.7. The molecule has 0 N–H and O–H groups in total. The molecule has 2 aliphatic rings. The van der Waals surface area contributed by atoms with Crippen molar-refractivity contribution < 1.29 is 0 Å². The summed E-state index contributed by atoms with van der Waals surface area (Å²) in [6.45, 7) is 14.3. The summed E-state index contributed by atoms with van der Waals surface area (Å²) < 4.78 is 0. The van der Waals surface area contributed by atoms with Gasteiger partial charge in [-0.3, -0.25) is 0 Å². The van der Waals surface area contributed by atoms with Crippen LogP contribution < -0.4 is 4.90 Å². The average molecular weight is 662 g/mol. The van der Waals surface area contributed by atoms with Crippen LogP contribution in [-0.4, -0.2) is 6.04 Å². The molecule has 0 saturated carbocycles. The van der Waals surface area contributed by atoms with Crippen LogP contribution in [-0.2, 0) is 10.8 Å². The molecular formula is C50H47N. The molecule has 0 aromatic heterocycles. The zero-order chi connectivity index (χ0) is 35.3. The predicted octanol–water partition coefficient (Wildman–Crippen LogP) is 13.6. The van der Waals surface area contributed by atoms with Gasteiger partial charge in [-0.2, -0.15) is 0 Å². The van der Waals surface area contributed by atoms with E-state index >= 15 is 0 Å². The van der Waals surface area contributed by atoms with Gasteiger partial charge in [-0.05, 0) is 111 Å². The molecule has 0 heterocycles. The highest BCUT2D eigenvalue weighted by atomic mass is 15.2. The van der Waals surface area contributed by atoms with E-state index in [0.717, 1.165) is 6.42 Å². The van der Waals surface area contributed by atoms with Crippen molar-refractivity contribution in [2.24, 2.45) is 0 Å². The Morgan fingerprint density at radius 3 is 1.53 bits per heavy atom. The monoisotopic (exact) mass is 661 g/mol. The lowest BCUT2D eigenvalue weighted by Crippen LogP contribution is -2.26. The molecule has 0 bridgehead atoms. The van der Waals surface area contributed by atoms with Crippen molar-refractivity contribution >= 4 is 16.9 Å². The fourth-order valence-corrected chi connectivity index (χ4v) is 8.80. The van der Waals surface area contributed by atoms with Gasteiger partial charge in [0.1, 0.15) is 0 Å². The van der Waals surface area contributed by atoms with E-state index in [-0.39, 0.29) is 16.9 Å². The van der Waals surface area contributed by atoms with Crippen LogP contribution in [0, 0.1) is 0 Å². The van der Waals surface area contributed by atoms with Crippen LogP contribution in [0.15, 0.2) is 163 Å². The first-order valence-electron chi connectivity index (χ1n) is 18.5. The highest BCUT2D eigenvalue weighted by molar-refractivity contribution is 5.91. The van der Waals surface area contributed by atoms with Crippen LogP contribution in [0.4, 0.5) is 11.4 Å². The normalized spacial score (nSPS) is 15.8. The molecule has 0 radical (unpaired) electrons. The maximum Gasteiger partial charge on any atom is 0.0497 e. The maximum atomic E-state index is 2.53. The molecule has 0 spiro atoms. The van der Waals surface area contributed by atoms with Gasteiger partial charge in [0, 0.05) is 28.2 Å². The number of nitrogens with zero attached hydrogens (tertiary/aromatic N) is 1. The Bertz CT molecular complexity index is 2180. The Balaban J connectivity index is 1.19. The number of benzene rings is 6. The van der Waals surface area contributed by atoms with Crippen molar-refractivity contribution in [2.45, 2.75) is 64.8 Å². The third-order valence-corrected chi connectivity index (χ3v) is 11.6. The van der Waals surface area contributed by atoms with Crippen molar-refractivity contribution in [3.63, 3.8) is 0 Å². The number of hydrogen-bond acceptors (Lipinski definition) is 1. The molecule has 1 nitrogen and oxygen atoms in total. The van der Waals surface area contributed by atoms with Gasteiger partial charge in [-0.1, -0.05) is 162 Å². The summed E-state index contributed by atoms with van der Waals surface area (Å²) in [6.07, 6.45) is 5.87. The van der Waals surface area contributed by atoms with E-state index < -0.39 is 0 Å². The van der Waals surface area contributed by atoms with Gasteiger partial charge in [0.25, 0.3) is 0 Å². The minimum atomic E-state index is -0.0378. The molecule has 51 heavy (non-hydrogen) atoms. The van der Waals surface area contributed by atoms with E-state index in [4.69, 9.17) is 0 Å². The summed E-state index contributed by atoms with van der Waals surface area (Å²) in [5.41, 5.74) is 18.6. The predicted molar refractivity (Wildman–Crippen MR) is 219 cm³/mol. The van der Waals surface area contributed by atoms with Gasteiger partial charge < -0.3 is 4.90 Å². The van der Waals surface area contributed by atoms with Gasteiger partial charge in [-0.25, -0.2) is 0 Å². The van der Waals surface area contributed by atoms with Crippen LogP contribution in [0.25, 0.3) is 39.0 Å². The van der Waals surface area contributed by atoms with Crippen LogP contribution in [0.1, 0.15) is 70.2 Å². The van der Waals surface area contributed by atoms with Crippen LogP contribution in [0.2, 0.25) is 0 Å².